The number of aromatic nitrogens is 1. The number of nitro groups is 1. The van der Waals surface area contributed by atoms with Crippen LogP contribution in [0.4, 0.5) is 11.5 Å². The van der Waals surface area contributed by atoms with E-state index in [0.717, 1.165) is 16.7 Å². The molecule has 0 saturated heterocycles. The van der Waals surface area contributed by atoms with Gasteiger partial charge in [0.15, 0.2) is 0 Å². The summed E-state index contributed by atoms with van der Waals surface area (Å²) in [6.07, 6.45) is 2.45. The number of esters is 1. The molecule has 1 atom stereocenters. The summed E-state index contributed by atoms with van der Waals surface area (Å²) in [5, 5.41) is 14.0. The van der Waals surface area contributed by atoms with E-state index in [1.165, 1.54) is 19.4 Å². The zero-order chi connectivity index (χ0) is 24.0. The fourth-order valence-electron chi connectivity index (χ4n) is 3.64. The molecule has 0 fully saturated rings. The van der Waals surface area contributed by atoms with Crippen LogP contribution in [0.25, 0.3) is 11.1 Å². The minimum Gasteiger partial charge on any atom is -0.465 e. The first-order chi connectivity index (χ1) is 15.8. The number of carbonyl (C=O) groups is 2. The van der Waals surface area contributed by atoms with Gasteiger partial charge in [0.25, 0.3) is 0 Å². The molecule has 1 N–H and O–H groups in total. The van der Waals surface area contributed by atoms with Crippen LogP contribution in [0.5, 0.6) is 0 Å². The first-order valence-corrected chi connectivity index (χ1v) is 10.5. The molecule has 1 heterocycles. The molecule has 0 aliphatic rings. The number of anilines is 1. The third kappa shape index (κ3) is 5.41. The van der Waals surface area contributed by atoms with Crippen LogP contribution in [0.15, 0.2) is 60.8 Å². The second-order valence-corrected chi connectivity index (χ2v) is 7.61. The Labute approximate surface area is 191 Å². The number of hydrogen-bond acceptors (Lipinski definition) is 6. The topological polar surface area (TPSA) is 111 Å². The van der Waals surface area contributed by atoms with Crippen LogP contribution in [-0.4, -0.2) is 28.9 Å². The van der Waals surface area contributed by atoms with E-state index < -0.39 is 10.9 Å². The van der Waals surface area contributed by atoms with Gasteiger partial charge in [-0.25, -0.2) is 9.78 Å². The highest BCUT2D eigenvalue weighted by Gasteiger charge is 2.24. The molecule has 2 aromatic carbocycles. The number of hydrogen-bond donors (Lipinski definition) is 1. The maximum absolute atomic E-state index is 12.9. The molecule has 0 spiro atoms. The van der Waals surface area contributed by atoms with Gasteiger partial charge in [-0.2, -0.15) is 0 Å². The van der Waals surface area contributed by atoms with Crippen molar-refractivity contribution in [3.8, 4) is 11.1 Å². The minimum atomic E-state index is -0.538. The lowest BCUT2D eigenvalue weighted by Gasteiger charge is -2.15. The molecule has 1 amide bonds. The predicted molar refractivity (Wildman–Crippen MR) is 125 cm³/mol. The van der Waals surface area contributed by atoms with E-state index in [9.17, 15) is 19.7 Å². The Morgan fingerprint density at radius 1 is 1.12 bits per heavy atom. The van der Waals surface area contributed by atoms with Crippen molar-refractivity contribution in [2.24, 2.45) is 5.92 Å². The second kappa shape index (κ2) is 10.5. The average molecular weight is 447 g/mol. The number of methoxy groups -OCH3 is 1. The molecule has 33 heavy (non-hydrogen) atoms. The van der Waals surface area contributed by atoms with Crippen molar-refractivity contribution in [2.75, 3.05) is 12.4 Å². The Hall–Kier alpha value is -4.07. The van der Waals surface area contributed by atoms with Crippen molar-refractivity contribution < 1.29 is 19.2 Å². The minimum absolute atomic E-state index is 0.0433. The Morgan fingerprint density at radius 2 is 1.82 bits per heavy atom. The summed E-state index contributed by atoms with van der Waals surface area (Å²) in [5.74, 6) is -1.16. The highest BCUT2D eigenvalue weighted by atomic mass is 16.6. The molecule has 0 saturated carbocycles. The van der Waals surface area contributed by atoms with E-state index in [0.29, 0.717) is 24.0 Å². The Bertz CT molecular complexity index is 1170. The van der Waals surface area contributed by atoms with Crippen LogP contribution in [0.3, 0.4) is 0 Å². The lowest BCUT2D eigenvalue weighted by molar-refractivity contribution is -0.384. The number of nitrogens with one attached hydrogen (secondary N) is 1. The largest absolute Gasteiger partial charge is 0.465 e. The molecular weight excluding hydrogens is 422 g/mol. The maximum atomic E-state index is 12.9. The first kappa shape index (κ1) is 23.6. The Kier molecular flexibility index (Phi) is 7.50. The SMILES string of the molecule is CCC(Cc1ccc(-c2ccccc2C(=O)OC)cc1)C(=O)Nc1nccc(C)c1[N+](=O)[O-]. The van der Waals surface area contributed by atoms with Crippen molar-refractivity contribution in [3.63, 3.8) is 0 Å². The number of pyridine rings is 1. The van der Waals surface area contributed by atoms with Gasteiger partial charge >= 0.3 is 11.7 Å². The Morgan fingerprint density at radius 3 is 2.45 bits per heavy atom. The monoisotopic (exact) mass is 447 g/mol. The summed E-state index contributed by atoms with van der Waals surface area (Å²) in [6, 6.07) is 16.3. The van der Waals surface area contributed by atoms with E-state index in [4.69, 9.17) is 4.74 Å². The second-order valence-electron chi connectivity index (χ2n) is 7.61. The summed E-state index contributed by atoms with van der Waals surface area (Å²) in [5.41, 5.74) is 3.26. The zero-order valence-corrected chi connectivity index (χ0v) is 18.7. The van der Waals surface area contributed by atoms with Crippen molar-refractivity contribution >= 4 is 23.4 Å². The lowest BCUT2D eigenvalue weighted by Crippen LogP contribution is -2.25. The third-order valence-electron chi connectivity index (χ3n) is 5.49. The van der Waals surface area contributed by atoms with E-state index in [-0.39, 0.29) is 23.3 Å². The lowest BCUT2D eigenvalue weighted by atomic mass is 9.93. The average Bonchev–Trinajstić information content (AvgIpc) is 2.82. The van der Waals surface area contributed by atoms with Crippen molar-refractivity contribution in [2.45, 2.75) is 26.7 Å². The molecule has 0 aliphatic heterocycles. The van der Waals surface area contributed by atoms with Crippen molar-refractivity contribution in [3.05, 3.63) is 87.6 Å². The van der Waals surface area contributed by atoms with Gasteiger partial charge in [0.05, 0.1) is 17.6 Å². The molecular formula is C25H25N3O5. The fourth-order valence-corrected chi connectivity index (χ4v) is 3.64. The normalized spacial score (nSPS) is 11.5. The molecule has 3 rings (SSSR count). The van der Waals surface area contributed by atoms with Gasteiger partial charge in [0.1, 0.15) is 0 Å². The van der Waals surface area contributed by atoms with Gasteiger partial charge in [-0.05, 0) is 48.6 Å². The number of ether oxygens (including phenoxy) is 1. The molecule has 170 valence electrons. The van der Waals surface area contributed by atoms with E-state index >= 15 is 0 Å². The van der Waals surface area contributed by atoms with Crippen LogP contribution in [0.1, 0.15) is 34.8 Å². The first-order valence-electron chi connectivity index (χ1n) is 10.5. The number of amides is 1. The molecule has 3 aromatic rings. The molecule has 0 aliphatic carbocycles. The van der Waals surface area contributed by atoms with E-state index in [2.05, 4.69) is 10.3 Å². The number of benzene rings is 2. The van der Waals surface area contributed by atoms with Crippen molar-refractivity contribution in [1.82, 2.24) is 4.98 Å². The fraction of sp³-hybridized carbons (Fsp3) is 0.240. The molecule has 1 aromatic heterocycles. The zero-order valence-electron chi connectivity index (χ0n) is 18.7. The third-order valence-corrected chi connectivity index (χ3v) is 5.49. The smallest absolute Gasteiger partial charge is 0.338 e. The summed E-state index contributed by atoms with van der Waals surface area (Å²) < 4.78 is 4.86. The van der Waals surface area contributed by atoms with Gasteiger partial charge < -0.3 is 10.1 Å². The van der Waals surface area contributed by atoms with Gasteiger partial charge in [-0.3, -0.25) is 14.9 Å². The number of rotatable bonds is 8. The standard InChI is InChI=1S/C25H25N3O5/c1-4-18(24(29)27-23-22(28(31)32)16(2)13-14-26-23)15-17-9-11-19(12-10-17)20-7-5-6-8-21(20)25(30)33-3/h5-14,18H,4,15H2,1-3H3,(H,26,27,29). The number of nitrogens with zero attached hydrogens (tertiary/aromatic N) is 2. The quantitative estimate of drug-likeness (QED) is 0.297. The highest BCUT2D eigenvalue weighted by molar-refractivity contribution is 5.97. The van der Waals surface area contributed by atoms with Crippen LogP contribution >= 0.6 is 0 Å². The highest BCUT2D eigenvalue weighted by Crippen LogP contribution is 2.28. The van der Waals surface area contributed by atoms with Crippen LogP contribution in [0, 0.1) is 23.0 Å². The predicted octanol–water partition coefficient (Wildman–Crippen LogP) is 4.96. The van der Waals surface area contributed by atoms with Gasteiger partial charge in [-0.15, -0.1) is 0 Å². The molecule has 1 unspecified atom stereocenters. The summed E-state index contributed by atoms with van der Waals surface area (Å²) in [7, 11) is 1.35. The summed E-state index contributed by atoms with van der Waals surface area (Å²) >= 11 is 0. The van der Waals surface area contributed by atoms with Gasteiger partial charge in [0, 0.05) is 17.7 Å². The van der Waals surface area contributed by atoms with E-state index in [1.807, 2.05) is 43.3 Å². The van der Waals surface area contributed by atoms with Gasteiger partial charge in [-0.1, -0.05) is 49.4 Å². The number of aryl methyl sites for hydroxylation is 1. The van der Waals surface area contributed by atoms with Crippen LogP contribution in [-0.2, 0) is 16.0 Å². The summed E-state index contributed by atoms with van der Waals surface area (Å²) in [6.45, 7) is 3.50. The van der Waals surface area contributed by atoms with Crippen LogP contribution < -0.4 is 5.32 Å². The molecule has 8 heteroatoms. The molecule has 0 radical (unpaired) electrons. The molecule has 8 nitrogen and oxygen atoms in total. The number of carbonyl (C=O) groups excluding carboxylic acids is 2. The summed E-state index contributed by atoms with van der Waals surface area (Å²) in [4.78, 5) is 39.7. The van der Waals surface area contributed by atoms with Crippen molar-refractivity contribution in [1.29, 1.82) is 0 Å². The van der Waals surface area contributed by atoms with Crippen LogP contribution in [0.2, 0.25) is 0 Å². The molecule has 0 bridgehead atoms. The Balaban J connectivity index is 1.77. The maximum Gasteiger partial charge on any atom is 0.338 e. The van der Waals surface area contributed by atoms with Gasteiger partial charge in [0.2, 0.25) is 11.7 Å². The van der Waals surface area contributed by atoms with E-state index in [1.54, 1.807) is 19.1 Å².